The molecule has 0 spiro atoms. The van der Waals surface area contributed by atoms with Gasteiger partial charge in [0.25, 0.3) is 0 Å². The minimum atomic E-state index is 0.918. The van der Waals surface area contributed by atoms with Gasteiger partial charge in [0.2, 0.25) is 0 Å². The van der Waals surface area contributed by atoms with Crippen molar-refractivity contribution in [3.8, 4) is 0 Å². The van der Waals surface area contributed by atoms with Crippen molar-refractivity contribution in [1.29, 1.82) is 0 Å². The van der Waals surface area contributed by atoms with Gasteiger partial charge in [-0.3, -0.25) is 9.80 Å². The van der Waals surface area contributed by atoms with Gasteiger partial charge in [-0.1, -0.05) is 78.1 Å². The molecule has 330 valence electrons. The van der Waals surface area contributed by atoms with Gasteiger partial charge in [0, 0.05) is 36.3 Å². The van der Waals surface area contributed by atoms with Crippen LogP contribution in [-0.4, -0.2) is 46.1 Å². The summed E-state index contributed by atoms with van der Waals surface area (Å²) >= 11 is 0. The van der Waals surface area contributed by atoms with Gasteiger partial charge in [0.1, 0.15) is 0 Å². The predicted molar refractivity (Wildman–Crippen MR) is 246 cm³/mol. The fourth-order valence-corrected chi connectivity index (χ4v) is 18.1. The van der Waals surface area contributed by atoms with Gasteiger partial charge in [0.05, 0.1) is 0 Å². The Morgan fingerprint density at radius 3 is 0.793 bits per heavy atom. The summed E-state index contributed by atoms with van der Waals surface area (Å²) in [7, 11) is 0. The molecule has 0 amide bonds. The highest BCUT2D eigenvalue weighted by molar-refractivity contribution is 5.01. The summed E-state index contributed by atoms with van der Waals surface area (Å²) in [5, 5.41) is 0. The molecule has 4 atom stereocenters. The van der Waals surface area contributed by atoms with Crippen molar-refractivity contribution in [1.82, 2.24) is 9.80 Å². The second-order valence-corrected chi connectivity index (χ2v) is 25.1. The minimum Gasteiger partial charge on any atom is -0.294 e. The molecule has 0 N–H and O–H groups in total. The zero-order chi connectivity index (χ0) is 39.0. The fraction of sp³-hybridized carbons (Fsp3) is 1.00. The fourth-order valence-electron chi connectivity index (χ4n) is 18.1. The topological polar surface area (TPSA) is 6.48 Å². The molecule has 0 aromatic rings. The van der Waals surface area contributed by atoms with Gasteiger partial charge < -0.3 is 0 Å². The van der Waals surface area contributed by atoms with E-state index in [-0.39, 0.29) is 0 Å². The first kappa shape index (κ1) is 41.9. The van der Waals surface area contributed by atoms with Crippen LogP contribution in [0.2, 0.25) is 0 Å². The Kier molecular flexibility index (Phi) is 14.0. The van der Waals surface area contributed by atoms with E-state index >= 15 is 0 Å². The molecular weight excluding hydrogens is 701 g/mol. The van der Waals surface area contributed by atoms with Gasteiger partial charge in [0.15, 0.2) is 0 Å². The Morgan fingerprint density at radius 1 is 0.207 bits per heavy atom. The van der Waals surface area contributed by atoms with Gasteiger partial charge in [-0.25, -0.2) is 0 Å². The second kappa shape index (κ2) is 19.3. The molecule has 10 aliphatic carbocycles. The Morgan fingerprint density at radius 2 is 0.466 bits per heavy atom. The van der Waals surface area contributed by atoms with Gasteiger partial charge in [-0.2, -0.15) is 0 Å². The number of hydrogen-bond acceptors (Lipinski definition) is 2. The van der Waals surface area contributed by atoms with Gasteiger partial charge >= 0.3 is 0 Å². The van der Waals surface area contributed by atoms with Crippen LogP contribution >= 0.6 is 0 Å². The van der Waals surface area contributed by atoms with Crippen LogP contribution < -0.4 is 0 Å². The number of rotatable bonds is 10. The molecule has 2 nitrogen and oxygen atoms in total. The number of fused-ring (bicyclic) bond motifs is 1. The van der Waals surface area contributed by atoms with Gasteiger partial charge in [-0.05, 0) is 238 Å². The molecule has 10 rings (SSSR count). The Hall–Kier alpha value is -0.0800. The summed E-state index contributed by atoms with van der Waals surface area (Å²) in [5.41, 5.74) is 0. The van der Waals surface area contributed by atoms with E-state index < -0.39 is 0 Å². The molecule has 0 aliphatic heterocycles. The first-order valence-electron chi connectivity index (χ1n) is 28.1. The predicted octanol–water partition coefficient (Wildman–Crippen LogP) is 15.4. The van der Waals surface area contributed by atoms with Crippen molar-refractivity contribution < 1.29 is 0 Å². The molecule has 0 aromatic heterocycles. The van der Waals surface area contributed by atoms with Crippen LogP contribution in [0.3, 0.4) is 0 Å². The average molecular weight is 797 g/mol. The van der Waals surface area contributed by atoms with Crippen molar-refractivity contribution >= 4 is 0 Å². The molecule has 10 saturated carbocycles. The van der Waals surface area contributed by atoms with Crippen molar-refractivity contribution in [2.24, 2.45) is 71.0 Å². The molecule has 10 fully saturated rings. The minimum absolute atomic E-state index is 0.918. The lowest BCUT2D eigenvalue weighted by Crippen LogP contribution is -2.56. The molecule has 0 saturated heterocycles. The zero-order valence-corrected chi connectivity index (χ0v) is 38.7. The maximum atomic E-state index is 3.33. The van der Waals surface area contributed by atoms with E-state index in [4.69, 9.17) is 0 Å². The highest BCUT2D eigenvalue weighted by atomic mass is 15.2. The first-order chi connectivity index (χ1) is 28.5. The third-order valence-corrected chi connectivity index (χ3v) is 21.9. The molecule has 58 heavy (non-hydrogen) atoms. The van der Waals surface area contributed by atoms with Crippen LogP contribution in [0, 0.1) is 71.0 Å². The molecule has 0 radical (unpaired) electrons. The molecular formula is C56H96N2. The van der Waals surface area contributed by atoms with Crippen LogP contribution in [0.25, 0.3) is 0 Å². The third-order valence-electron chi connectivity index (χ3n) is 21.9. The quantitative estimate of drug-likeness (QED) is 0.217. The highest BCUT2D eigenvalue weighted by Crippen LogP contribution is 2.54. The lowest BCUT2D eigenvalue weighted by Gasteiger charge is -2.55. The van der Waals surface area contributed by atoms with Crippen molar-refractivity contribution in [2.45, 2.75) is 281 Å². The monoisotopic (exact) mass is 797 g/mol. The molecule has 2 heteroatoms. The maximum Gasteiger partial charge on any atom is 0.0104 e. The number of nitrogens with zero attached hydrogens (tertiary/aromatic N) is 2. The van der Waals surface area contributed by atoms with Crippen LogP contribution in [-0.2, 0) is 0 Å². The van der Waals surface area contributed by atoms with Crippen LogP contribution in [0.1, 0.15) is 245 Å². The largest absolute Gasteiger partial charge is 0.294 e. The first-order valence-corrected chi connectivity index (χ1v) is 28.1. The highest BCUT2D eigenvalue weighted by Gasteiger charge is 2.47. The Bertz CT molecular complexity index is 1120. The van der Waals surface area contributed by atoms with E-state index in [1.165, 1.54) is 89.9 Å². The van der Waals surface area contributed by atoms with Crippen LogP contribution in [0.15, 0.2) is 0 Å². The zero-order valence-electron chi connectivity index (χ0n) is 38.7. The van der Waals surface area contributed by atoms with Gasteiger partial charge in [-0.15, -0.1) is 0 Å². The third kappa shape index (κ3) is 9.40. The van der Waals surface area contributed by atoms with Crippen LogP contribution in [0.5, 0.6) is 0 Å². The van der Waals surface area contributed by atoms with Crippen molar-refractivity contribution in [3.05, 3.63) is 0 Å². The molecule has 0 aromatic carbocycles. The Labute approximate surface area is 360 Å². The molecule has 0 heterocycles. The summed E-state index contributed by atoms with van der Waals surface area (Å²) in [5.74, 6) is 12.9. The lowest BCUT2D eigenvalue weighted by atomic mass is 9.58. The Balaban J connectivity index is 0.724. The van der Waals surface area contributed by atoms with E-state index in [0.29, 0.717) is 0 Å². The SMILES string of the molecule is CC1CCC(C2CC(C3CCC(N(C4CCCCC4)C4CCC5CC(N(C6CCCCC6)C6CCC(C7CC(C8CCC(C)CC8)C7)CC6)CCC5C4)CC3)C2)CC1. The second-order valence-electron chi connectivity index (χ2n) is 25.1. The summed E-state index contributed by atoms with van der Waals surface area (Å²) in [6.45, 7) is 5.01. The van der Waals surface area contributed by atoms with E-state index in [1.807, 2.05) is 0 Å². The average Bonchev–Trinajstić information content (AvgIpc) is 3.23. The van der Waals surface area contributed by atoms with E-state index in [2.05, 4.69) is 23.6 Å². The van der Waals surface area contributed by atoms with E-state index in [0.717, 1.165) is 107 Å². The lowest BCUT2D eigenvalue weighted by molar-refractivity contribution is -0.0468. The summed E-state index contributed by atoms with van der Waals surface area (Å²) in [6.07, 6.45) is 55.9. The van der Waals surface area contributed by atoms with E-state index in [1.54, 1.807) is 141 Å². The van der Waals surface area contributed by atoms with E-state index in [9.17, 15) is 0 Å². The standard InChI is InChI=1S/C56H96N2/c1-39-13-17-41(18-14-39)47-33-49(34-47)43-21-27-53(28-22-43)57(51-9-5-3-6-10-51)55-31-25-46-38-56(32-26-45(46)37-55)58(52-11-7-4-8-12-52)54-29-23-44(24-30-54)50-35-48(36-50)42-19-15-40(2)16-20-42/h39-56H,3-38H2,1-2H3. The summed E-state index contributed by atoms with van der Waals surface area (Å²) in [6, 6.07) is 5.53. The molecule has 10 aliphatic rings. The van der Waals surface area contributed by atoms with Crippen molar-refractivity contribution in [2.75, 3.05) is 0 Å². The molecule has 0 bridgehead atoms. The summed E-state index contributed by atoms with van der Waals surface area (Å²) < 4.78 is 0. The smallest absolute Gasteiger partial charge is 0.0104 e. The number of hydrogen-bond donors (Lipinski definition) is 0. The normalized spacial score (nSPS) is 47.6. The summed E-state index contributed by atoms with van der Waals surface area (Å²) in [4.78, 5) is 6.66. The van der Waals surface area contributed by atoms with Crippen molar-refractivity contribution in [3.63, 3.8) is 0 Å². The van der Waals surface area contributed by atoms with Crippen LogP contribution in [0.4, 0.5) is 0 Å². The molecule has 4 unspecified atom stereocenters. The maximum absolute atomic E-state index is 3.33.